The zero-order chi connectivity index (χ0) is 24.3. The molecule has 2 aromatic rings. The highest BCUT2D eigenvalue weighted by atomic mass is 19.1. The van der Waals surface area contributed by atoms with E-state index in [1.807, 2.05) is 56.9 Å². The fourth-order valence-corrected chi connectivity index (χ4v) is 3.98. The molecule has 2 heterocycles. The highest BCUT2D eigenvalue weighted by Gasteiger charge is 2.29. The Hall–Kier alpha value is -2.90. The summed E-state index contributed by atoms with van der Waals surface area (Å²) in [6.07, 6.45) is 4.63. The van der Waals surface area contributed by atoms with Crippen LogP contribution in [-0.2, 0) is 9.53 Å². The fraction of sp³-hybridized carbons (Fsp3) is 0.577. The predicted molar refractivity (Wildman–Crippen MR) is 127 cm³/mol. The van der Waals surface area contributed by atoms with Crippen molar-refractivity contribution in [3.8, 4) is 11.6 Å². The average Bonchev–Trinajstić information content (AvgIpc) is 3.49. The smallest absolute Gasteiger partial charge is 0.306 e. The third kappa shape index (κ3) is 6.58. The predicted octanol–water partition coefficient (Wildman–Crippen LogP) is 4.90. The average molecular weight is 472 g/mol. The first-order valence-corrected chi connectivity index (χ1v) is 12.0. The van der Waals surface area contributed by atoms with E-state index in [2.05, 4.69) is 9.97 Å². The van der Waals surface area contributed by atoms with E-state index in [4.69, 9.17) is 14.2 Å². The molecule has 0 radical (unpaired) electrons. The molecule has 1 saturated heterocycles. The van der Waals surface area contributed by atoms with Gasteiger partial charge in [0.25, 0.3) is 5.88 Å². The summed E-state index contributed by atoms with van der Waals surface area (Å²) in [5.41, 5.74) is 0.567. The Morgan fingerprint density at radius 3 is 2.59 bits per heavy atom. The normalized spacial score (nSPS) is 19.1. The van der Waals surface area contributed by atoms with Crippen LogP contribution in [0.25, 0.3) is 0 Å². The summed E-state index contributed by atoms with van der Waals surface area (Å²) < 4.78 is 32.0. The highest BCUT2D eigenvalue weighted by molar-refractivity contribution is 5.71. The van der Waals surface area contributed by atoms with Gasteiger partial charge in [0.1, 0.15) is 23.8 Å². The van der Waals surface area contributed by atoms with Crippen molar-refractivity contribution in [2.75, 3.05) is 24.6 Å². The maximum Gasteiger partial charge on any atom is 0.306 e. The minimum Gasteiger partial charge on any atom is -0.489 e. The van der Waals surface area contributed by atoms with Crippen molar-refractivity contribution in [1.29, 1.82) is 0 Å². The maximum absolute atomic E-state index is 14.9. The van der Waals surface area contributed by atoms with E-state index in [1.54, 1.807) is 0 Å². The van der Waals surface area contributed by atoms with E-state index in [0.29, 0.717) is 32.0 Å². The van der Waals surface area contributed by atoms with Crippen molar-refractivity contribution in [3.05, 3.63) is 42.0 Å². The molecule has 184 valence electrons. The van der Waals surface area contributed by atoms with Gasteiger partial charge in [-0.1, -0.05) is 19.1 Å². The Morgan fingerprint density at radius 1 is 1.18 bits per heavy atom. The summed E-state index contributed by atoms with van der Waals surface area (Å²) in [5.74, 6) is 0.890. The first kappa shape index (κ1) is 24.2. The molecule has 4 rings (SSSR count). The van der Waals surface area contributed by atoms with Gasteiger partial charge in [-0.25, -0.2) is 4.98 Å². The molecule has 1 saturated carbocycles. The topological polar surface area (TPSA) is 73.8 Å². The summed E-state index contributed by atoms with van der Waals surface area (Å²) >= 11 is 0. The minimum atomic E-state index is -0.507. The largest absolute Gasteiger partial charge is 0.489 e. The van der Waals surface area contributed by atoms with Gasteiger partial charge in [0.05, 0.1) is 19.6 Å². The lowest BCUT2D eigenvalue weighted by Gasteiger charge is -2.21. The van der Waals surface area contributed by atoms with E-state index in [-0.39, 0.29) is 29.7 Å². The van der Waals surface area contributed by atoms with Gasteiger partial charge >= 0.3 is 5.97 Å². The molecular weight excluding hydrogens is 437 g/mol. The number of benzene rings is 1. The number of ether oxygens (including phenoxy) is 3. The van der Waals surface area contributed by atoms with Crippen molar-refractivity contribution in [2.24, 2.45) is 5.92 Å². The van der Waals surface area contributed by atoms with Crippen molar-refractivity contribution in [1.82, 2.24) is 9.97 Å². The van der Waals surface area contributed by atoms with Gasteiger partial charge in [0.15, 0.2) is 5.82 Å². The van der Waals surface area contributed by atoms with Gasteiger partial charge in [-0.2, -0.15) is 9.37 Å². The van der Waals surface area contributed by atoms with Crippen LogP contribution in [-0.4, -0.2) is 47.3 Å². The van der Waals surface area contributed by atoms with E-state index in [1.165, 1.54) is 6.33 Å². The van der Waals surface area contributed by atoms with Gasteiger partial charge in [0, 0.05) is 13.0 Å². The molecule has 7 nitrogen and oxygen atoms in total. The SMILES string of the molecule is C[C@H](CC(=O)OC(C)(C)C)c1ccc(O[C@@H]2CCN(c3ncnc(OCC4CC4)c3F)C2)cc1. The number of nitrogens with zero attached hydrogens (tertiary/aromatic N) is 3. The molecule has 0 unspecified atom stereocenters. The van der Waals surface area contributed by atoms with Crippen LogP contribution in [0.15, 0.2) is 30.6 Å². The van der Waals surface area contributed by atoms with E-state index < -0.39 is 11.4 Å². The molecule has 8 heteroatoms. The van der Waals surface area contributed by atoms with Crippen molar-refractivity contribution in [3.63, 3.8) is 0 Å². The van der Waals surface area contributed by atoms with Gasteiger partial charge in [-0.05, 0) is 63.1 Å². The van der Waals surface area contributed by atoms with E-state index in [0.717, 1.165) is 30.6 Å². The summed E-state index contributed by atoms with van der Waals surface area (Å²) in [5, 5.41) is 0. The second-order valence-corrected chi connectivity index (χ2v) is 10.3. The molecule has 2 atom stereocenters. The molecule has 1 aliphatic heterocycles. The minimum absolute atomic E-state index is 0.0253. The number of carbonyl (C=O) groups is 1. The lowest BCUT2D eigenvalue weighted by molar-refractivity contribution is -0.155. The molecule has 1 aliphatic carbocycles. The first-order chi connectivity index (χ1) is 16.2. The van der Waals surface area contributed by atoms with Crippen LogP contribution >= 0.6 is 0 Å². The zero-order valence-electron chi connectivity index (χ0n) is 20.4. The molecule has 0 spiro atoms. The number of aromatic nitrogens is 2. The van der Waals surface area contributed by atoms with Crippen molar-refractivity contribution in [2.45, 2.75) is 71.0 Å². The van der Waals surface area contributed by atoms with Gasteiger partial charge in [-0.15, -0.1) is 0 Å². The van der Waals surface area contributed by atoms with E-state index >= 15 is 0 Å². The quantitative estimate of drug-likeness (QED) is 0.482. The number of hydrogen-bond donors (Lipinski definition) is 0. The number of carbonyl (C=O) groups excluding carboxylic acids is 1. The monoisotopic (exact) mass is 471 g/mol. The van der Waals surface area contributed by atoms with Crippen LogP contribution in [0.1, 0.15) is 64.9 Å². The lowest BCUT2D eigenvalue weighted by atomic mass is 9.98. The number of hydrogen-bond acceptors (Lipinski definition) is 7. The summed E-state index contributed by atoms with van der Waals surface area (Å²) in [6, 6.07) is 7.78. The van der Waals surface area contributed by atoms with Gasteiger partial charge in [-0.3, -0.25) is 4.79 Å². The third-order valence-corrected chi connectivity index (χ3v) is 5.98. The Kier molecular flexibility index (Phi) is 7.24. The van der Waals surface area contributed by atoms with Crippen LogP contribution in [0.2, 0.25) is 0 Å². The summed E-state index contributed by atoms with van der Waals surface area (Å²) in [6.45, 7) is 9.30. The molecule has 0 N–H and O–H groups in total. The number of anilines is 1. The molecular formula is C26H34FN3O4. The Morgan fingerprint density at radius 2 is 1.91 bits per heavy atom. The van der Waals surface area contributed by atoms with Gasteiger partial charge < -0.3 is 19.1 Å². The highest BCUT2D eigenvalue weighted by Crippen LogP contribution is 2.32. The number of esters is 1. The van der Waals surface area contributed by atoms with Crippen molar-refractivity contribution >= 4 is 11.8 Å². The zero-order valence-corrected chi connectivity index (χ0v) is 20.4. The first-order valence-electron chi connectivity index (χ1n) is 12.0. The van der Waals surface area contributed by atoms with Crippen LogP contribution in [0.3, 0.4) is 0 Å². The standard InChI is InChI=1S/C26H34FN3O4/c1-17(13-22(31)34-26(2,3)4)19-7-9-20(10-8-19)33-21-11-12-30(14-21)24-23(27)25(29-16-28-24)32-15-18-5-6-18/h7-10,16-18,21H,5-6,11-15H2,1-4H3/t17-,21-/m1/s1. The molecule has 1 aromatic heterocycles. The van der Waals surface area contributed by atoms with Gasteiger partial charge in [0.2, 0.25) is 5.82 Å². The second-order valence-electron chi connectivity index (χ2n) is 10.3. The Balaban J connectivity index is 1.30. The fourth-order valence-electron chi connectivity index (χ4n) is 3.98. The Bertz CT molecular complexity index is 989. The Labute approximate surface area is 200 Å². The van der Waals surface area contributed by atoms with E-state index in [9.17, 15) is 9.18 Å². The van der Waals surface area contributed by atoms with Crippen LogP contribution in [0.5, 0.6) is 11.6 Å². The maximum atomic E-state index is 14.9. The molecule has 34 heavy (non-hydrogen) atoms. The molecule has 2 aliphatic rings. The number of halogens is 1. The summed E-state index contributed by atoms with van der Waals surface area (Å²) in [7, 11) is 0. The number of rotatable bonds is 9. The second kappa shape index (κ2) is 10.2. The van der Waals surface area contributed by atoms with Crippen LogP contribution in [0.4, 0.5) is 10.2 Å². The molecule has 2 fully saturated rings. The lowest BCUT2D eigenvalue weighted by Crippen LogP contribution is -2.26. The van der Waals surface area contributed by atoms with Crippen LogP contribution < -0.4 is 14.4 Å². The molecule has 1 aromatic carbocycles. The van der Waals surface area contributed by atoms with Crippen LogP contribution in [0, 0.1) is 11.7 Å². The molecule has 0 bridgehead atoms. The summed E-state index contributed by atoms with van der Waals surface area (Å²) in [4.78, 5) is 22.1. The third-order valence-electron chi connectivity index (χ3n) is 5.98. The molecule has 0 amide bonds. The van der Waals surface area contributed by atoms with Crippen molar-refractivity contribution < 1.29 is 23.4 Å².